The van der Waals surface area contributed by atoms with Gasteiger partial charge in [0.05, 0.1) is 6.26 Å². The monoisotopic (exact) mass is 307 g/mol. The van der Waals surface area contributed by atoms with E-state index in [0.717, 1.165) is 25.2 Å². The molecule has 0 unspecified atom stereocenters. The van der Waals surface area contributed by atoms with Crippen molar-refractivity contribution in [1.29, 1.82) is 0 Å². The van der Waals surface area contributed by atoms with Gasteiger partial charge >= 0.3 is 0 Å². The van der Waals surface area contributed by atoms with Crippen molar-refractivity contribution in [2.45, 2.75) is 6.42 Å². The fourth-order valence-electron chi connectivity index (χ4n) is 2.96. The van der Waals surface area contributed by atoms with Gasteiger partial charge in [-0.1, -0.05) is 30.3 Å². The van der Waals surface area contributed by atoms with Crippen LogP contribution in [-0.4, -0.2) is 34.1 Å². The smallest absolute Gasteiger partial charge is 0.274 e. The molecule has 1 aliphatic heterocycles. The summed E-state index contributed by atoms with van der Waals surface area (Å²) in [5.41, 5.74) is 2.48. The minimum absolute atomic E-state index is 0.0247. The molecule has 0 spiro atoms. The van der Waals surface area contributed by atoms with Gasteiger partial charge in [0, 0.05) is 19.2 Å². The number of furan rings is 1. The highest BCUT2D eigenvalue weighted by Crippen LogP contribution is 2.24. The number of carbonyl (C=O) groups excluding carboxylic acids is 1. The van der Waals surface area contributed by atoms with Crippen LogP contribution in [0.3, 0.4) is 0 Å². The number of nitrogens with one attached hydrogen (secondary N) is 1. The third-order valence-corrected chi connectivity index (χ3v) is 4.20. The molecule has 116 valence electrons. The van der Waals surface area contributed by atoms with E-state index < -0.39 is 0 Å². The first-order valence-corrected chi connectivity index (χ1v) is 7.72. The van der Waals surface area contributed by atoms with Gasteiger partial charge in [-0.15, -0.1) is 0 Å². The third-order valence-electron chi connectivity index (χ3n) is 4.20. The van der Waals surface area contributed by atoms with E-state index in [9.17, 15) is 4.79 Å². The second-order valence-electron chi connectivity index (χ2n) is 5.91. The molecular formula is C18H17N3O2. The number of hydrogen-bond donors (Lipinski definition) is 1. The van der Waals surface area contributed by atoms with Crippen LogP contribution in [0.2, 0.25) is 0 Å². The second kappa shape index (κ2) is 5.76. The lowest BCUT2D eigenvalue weighted by molar-refractivity contribution is 0.0495. The van der Waals surface area contributed by atoms with Gasteiger partial charge in [0.2, 0.25) is 0 Å². The van der Waals surface area contributed by atoms with Gasteiger partial charge in [-0.05, 0) is 30.0 Å². The van der Waals surface area contributed by atoms with Gasteiger partial charge in [-0.25, -0.2) is 0 Å². The van der Waals surface area contributed by atoms with Crippen LogP contribution in [0.1, 0.15) is 16.1 Å². The van der Waals surface area contributed by atoms with Crippen molar-refractivity contribution in [2.24, 2.45) is 5.92 Å². The lowest BCUT2D eigenvalue weighted by atomic mass is 9.92. The molecular weight excluding hydrogens is 290 g/mol. The maximum atomic E-state index is 12.4. The van der Waals surface area contributed by atoms with E-state index in [1.807, 2.05) is 17.0 Å². The fraction of sp³-hybridized carbons (Fsp3) is 0.222. The molecule has 23 heavy (non-hydrogen) atoms. The molecule has 1 saturated heterocycles. The van der Waals surface area contributed by atoms with Crippen molar-refractivity contribution in [3.63, 3.8) is 0 Å². The normalized spacial score (nSPS) is 14.7. The Balaban J connectivity index is 1.36. The van der Waals surface area contributed by atoms with Crippen LogP contribution in [0.25, 0.3) is 11.5 Å². The first kappa shape index (κ1) is 13.8. The van der Waals surface area contributed by atoms with E-state index in [4.69, 9.17) is 4.42 Å². The van der Waals surface area contributed by atoms with Gasteiger partial charge < -0.3 is 9.32 Å². The maximum absolute atomic E-state index is 12.4. The molecule has 0 atom stereocenters. The minimum Gasteiger partial charge on any atom is -0.463 e. The maximum Gasteiger partial charge on any atom is 0.274 e. The van der Waals surface area contributed by atoms with E-state index in [1.165, 1.54) is 5.56 Å². The molecule has 4 rings (SSSR count). The van der Waals surface area contributed by atoms with Crippen LogP contribution in [0.5, 0.6) is 0 Å². The summed E-state index contributed by atoms with van der Waals surface area (Å²) in [6, 6.07) is 15.8. The zero-order valence-corrected chi connectivity index (χ0v) is 12.6. The molecule has 1 aromatic carbocycles. The summed E-state index contributed by atoms with van der Waals surface area (Å²) in [4.78, 5) is 14.3. The minimum atomic E-state index is -0.0247. The highest BCUT2D eigenvalue weighted by molar-refractivity contribution is 5.93. The number of aromatic amines is 1. The molecule has 0 radical (unpaired) electrons. The Morgan fingerprint density at radius 1 is 1.22 bits per heavy atom. The van der Waals surface area contributed by atoms with Crippen LogP contribution in [0.15, 0.2) is 59.2 Å². The summed E-state index contributed by atoms with van der Waals surface area (Å²) in [6.45, 7) is 1.58. The molecule has 0 aliphatic carbocycles. The SMILES string of the molecule is O=C(c1cc(-c2ccco2)[nH]n1)N1CC(Cc2ccccc2)C1. The highest BCUT2D eigenvalue weighted by atomic mass is 16.3. The summed E-state index contributed by atoms with van der Waals surface area (Å²) in [7, 11) is 0. The molecule has 2 aromatic heterocycles. The Bertz CT molecular complexity index is 787. The van der Waals surface area contributed by atoms with Crippen LogP contribution < -0.4 is 0 Å². The largest absolute Gasteiger partial charge is 0.463 e. The Hall–Kier alpha value is -2.82. The molecule has 0 bridgehead atoms. The number of likely N-dealkylation sites (tertiary alicyclic amines) is 1. The van der Waals surface area contributed by atoms with E-state index in [1.54, 1.807) is 18.4 Å². The van der Waals surface area contributed by atoms with E-state index in [2.05, 4.69) is 34.5 Å². The van der Waals surface area contributed by atoms with Crippen LogP contribution in [0.4, 0.5) is 0 Å². The van der Waals surface area contributed by atoms with Crippen molar-refractivity contribution in [2.75, 3.05) is 13.1 Å². The number of hydrogen-bond acceptors (Lipinski definition) is 3. The topological polar surface area (TPSA) is 62.1 Å². The van der Waals surface area contributed by atoms with Crippen molar-refractivity contribution in [1.82, 2.24) is 15.1 Å². The van der Waals surface area contributed by atoms with E-state index in [0.29, 0.717) is 17.4 Å². The quantitative estimate of drug-likeness (QED) is 0.806. The van der Waals surface area contributed by atoms with Gasteiger partial charge in [0.15, 0.2) is 11.5 Å². The van der Waals surface area contributed by atoms with Crippen LogP contribution >= 0.6 is 0 Å². The number of carbonyl (C=O) groups is 1. The molecule has 1 fully saturated rings. The molecule has 3 heterocycles. The molecule has 1 aliphatic rings. The number of benzene rings is 1. The first-order valence-electron chi connectivity index (χ1n) is 7.72. The summed E-state index contributed by atoms with van der Waals surface area (Å²) in [6.07, 6.45) is 2.62. The molecule has 0 saturated carbocycles. The molecule has 3 aromatic rings. The predicted molar refractivity (Wildman–Crippen MR) is 85.8 cm³/mol. The Labute approximate surface area is 133 Å². The Kier molecular flexibility index (Phi) is 3.46. The number of nitrogens with zero attached hydrogens (tertiary/aromatic N) is 2. The van der Waals surface area contributed by atoms with Crippen LogP contribution in [-0.2, 0) is 6.42 Å². The zero-order valence-electron chi connectivity index (χ0n) is 12.6. The van der Waals surface area contributed by atoms with Gasteiger partial charge in [-0.3, -0.25) is 9.89 Å². The summed E-state index contributed by atoms with van der Waals surface area (Å²) in [5.74, 6) is 1.19. The fourth-order valence-corrected chi connectivity index (χ4v) is 2.96. The van der Waals surface area contributed by atoms with Crippen molar-refractivity contribution in [3.8, 4) is 11.5 Å². The summed E-state index contributed by atoms with van der Waals surface area (Å²) in [5, 5.41) is 6.96. The second-order valence-corrected chi connectivity index (χ2v) is 5.91. The average molecular weight is 307 g/mol. The van der Waals surface area contributed by atoms with E-state index >= 15 is 0 Å². The standard InChI is InChI=1S/C18H17N3O2/c22-18(16-10-15(19-20-16)17-7-4-8-23-17)21-11-14(12-21)9-13-5-2-1-3-6-13/h1-8,10,14H,9,11-12H2,(H,19,20). The predicted octanol–water partition coefficient (Wildman–Crippen LogP) is 2.98. The summed E-state index contributed by atoms with van der Waals surface area (Å²) < 4.78 is 5.30. The number of H-pyrrole nitrogens is 1. The average Bonchev–Trinajstić information content (AvgIpc) is 3.21. The van der Waals surface area contributed by atoms with Gasteiger partial charge in [-0.2, -0.15) is 5.10 Å². The molecule has 1 N–H and O–H groups in total. The van der Waals surface area contributed by atoms with Gasteiger partial charge in [0.1, 0.15) is 5.69 Å². The Morgan fingerprint density at radius 3 is 2.78 bits per heavy atom. The number of rotatable bonds is 4. The molecule has 5 nitrogen and oxygen atoms in total. The van der Waals surface area contributed by atoms with Crippen LogP contribution in [0, 0.1) is 5.92 Å². The number of amides is 1. The van der Waals surface area contributed by atoms with E-state index in [-0.39, 0.29) is 5.91 Å². The number of aromatic nitrogens is 2. The summed E-state index contributed by atoms with van der Waals surface area (Å²) >= 11 is 0. The lowest BCUT2D eigenvalue weighted by Crippen LogP contribution is -2.50. The van der Waals surface area contributed by atoms with Crippen molar-refractivity contribution in [3.05, 3.63) is 66.1 Å². The van der Waals surface area contributed by atoms with Crippen molar-refractivity contribution >= 4 is 5.91 Å². The zero-order chi connectivity index (χ0) is 15.6. The molecule has 1 amide bonds. The first-order chi connectivity index (χ1) is 11.3. The molecule has 5 heteroatoms. The van der Waals surface area contributed by atoms with Crippen molar-refractivity contribution < 1.29 is 9.21 Å². The highest BCUT2D eigenvalue weighted by Gasteiger charge is 2.32. The van der Waals surface area contributed by atoms with Gasteiger partial charge in [0.25, 0.3) is 5.91 Å². The Morgan fingerprint density at radius 2 is 2.04 bits per heavy atom. The lowest BCUT2D eigenvalue weighted by Gasteiger charge is -2.39. The third kappa shape index (κ3) is 2.77.